The molecule has 34 heavy (non-hydrogen) atoms. The van der Waals surface area contributed by atoms with Gasteiger partial charge in [0.15, 0.2) is 11.9 Å². The summed E-state index contributed by atoms with van der Waals surface area (Å²) in [5, 5.41) is 16.6. The van der Waals surface area contributed by atoms with Gasteiger partial charge in [0.05, 0.1) is 19.0 Å². The smallest absolute Gasteiger partial charge is 0.242 e. The SMILES string of the molecule is COc1cc(N2C[C@H]3CC[C@@H](C2)C3Nc2nc3n(n2)CC[C@@H]3Oc2cc(F)cc(Cl)c2)cnn1. The van der Waals surface area contributed by atoms with Crippen LogP contribution in [-0.2, 0) is 6.54 Å². The molecule has 3 aliphatic rings. The zero-order chi connectivity index (χ0) is 23.2. The number of hydrogen-bond acceptors (Lipinski definition) is 8. The maximum absolute atomic E-state index is 13.7. The Morgan fingerprint density at radius 3 is 2.71 bits per heavy atom. The second-order valence-corrected chi connectivity index (χ2v) is 9.58. The Morgan fingerprint density at radius 2 is 1.94 bits per heavy atom. The molecule has 2 aliphatic heterocycles. The lowest BCUT2D eigenvalue weighted by atomic mass is 9.92. The zero-order valence-corrected chi connectivity index (χ0v) is 19.5. The van der Waals surface area contributed by atoms with Gasteiger partial charge in [0.25, 0.3) is 0 Å². The maximum Gasteiger partial charge on any atom is 0.242 e. The third-order valence-electron chi connectivity index (χ3n) is 7.03. The molecular weight excluding hydrogens is 461 g/mol. The zero-order valence-electron chi connectivity index (χ0n) is 18.7. The standard InChI is InChI=1S/C23H25ClFN7O2/c1-33-20-9-17(10-26-29-20)31-11-13-2-3-14(12-31)21(13)27-23-28-22-19(4-5-32(22)30-23)34-18-7-15(24)6-16(25)8-18/h6-10,13-14,19,21H,2-5,11-12H2,1H3,(H,27,30)/t13-,14+,19-,21?/m0/s1. The molecule has 0 spiro atoms. The molecule has 2 fully saturated rings. The van der Waals surface area contributed by atoms with E-state index in [9.17, 15) is 4.39 Å². The van der Waals surface area contributed by atoms with Gasteiger partial charge in [-0.2, -0.15) is 10.1 Å². The fourth-order valence-electron chi connectivity index (χ4n) is 5.49. The van der Waals surface area contributed by atoms with Crippen molar-refractivity contribution in [3.63, 3.8) is 0 Å². The van der Waals surface area contributed by atoms with Crippen molar-refractivity contribution >= 4 is 23.2 Å². The Labute approximate surface area is 201 Å². The summed E-state index contributed by atoms with van der Waals surface area (Å²) >= 11 is 5.97. The first kappa shape index (κ1) is 21.4. The summed E-state index contributed by atoms with van der Waals surface area (Å²) in [4.78, 5) is 7.11. The summed E-state index contributed by atoms with van der Waals surface area (Å²) in [5.41, 5.74) is 1.04. The van der Waals surface area contributed by atoms with Crippen LogP contribution in [0.1, 0.15) is 31.2 Å². The number of rotatable bonds is 6. The van der Waals surface area contributed by atoms with E-state index in [1.807, 2.05) is 10.7 Å². The maximum atomic E-state index is 13.7. The van der Waals surface area contributed by atoms with Crippen LogP contribution in [0.15, 0.2) is 30.5 Å². The highest BCUT2D eigenvalue weighted by Gasteiger charge is 2.43. The molecule has 1 N–H and O–H groups in total. The lowest BCUT2D eigenvalue weighted by Crippen LogP contribution is -2.48. The number of aryl methyl sites for hydroxylation is 1. The number of piperidine rings is 1. The van der Waals surface area contributed by atoms with Gasteiger partial charge in [-0.05, 0) is 36.8 Å². The second-order valence-electron chi connectivity index (χ2n) is 9.15. The predicted molar refractivity (Wildman–Crippen MR) is 124 cm³/mol. The van der Waals surface area contributed by atoms with Gasteiger partial charge in [0.2, 0.25) is 11.8 Å². The van der Waals surface area contributed by atoms with Crippen LogP contribution in [0.3, 0.4) is 0 Å². The van der Waals surface area contributed by atoms with Crippen LogP contribution in [0.4, 0.5) is 16.0 Å². The molecule has 1 aromatic carbocycles. The molecule has 1 aliphatic carbocycles. The van der Waals surface area contributed by atoms with Gasteiger partial charge in [-0.3, -0.25) is 0 Å². The molecule has 4 atom stereocenters. The largest absolute Gasteiger partial charge is 0.482 e. The van der Waals surface area contributed by atoms with Crippen molar-refractivity contribution in [2.45, 2.75) is 38.0 Å². The fourth-order valence-corrected chi connectivity index (χ4v) is 5.70. The Bertz CT molecular complexity index is 1170. The van der Waals surface area contributed by atoms with E-state index in [0.717, 1.165) is 43.9 Å². The number of methoxy groups -OCH3 is 1. The molecule has 1 unspecified atom stereocenters. The number of ether oxygens (including phenoxy) is 2. The van der Waals surface area contributed by atoms with Crippen molar-refractivity contribution in [3.8, 4) is 11.6 Å². The van der Waals surface area contributed by atoms with Crippen molar-refractivity contribution in [3.05, 3.63) is 47.1 Å². The quantitative estimate of drug-likeness (QED) is 0.565. The topological polar surface area (TPSA) is 90.2 Å². The van der Waals surface area contributed by atoms with Gasteiger partial charge < -0.3 is 19.7 Å². The first-order valence-electron chi connectivity index (χ1n) is 11.5. The average molecular weight is 486 g/mol. The third-order valence-corrected chi connectivity index (χ3v) is 7.25. The molecule has 178 valence electrons. The van der Waals surface area contributed by atoms with Crippen molar-refractivity contribution < 1.29 is 13.9 Å². The molecule has 2 bridgehead atoms. The predicted octanol–water partition coefficient (Wildman–Crippen LogP) is 3.72. The molecular formula is C23H25ClFN7O2. The minimum atomic E-state index is -0.424. The van der Waals surface area contributed by atoms with E-state index < -0.39 is 5.82 Å². The highest BCUT2D eigenvalue weighted by atomic mass is 35.5. The first-order valence-corrected chi connectivity index (χ1v) is 11.9. The minimum Gasteiger partial charge on any atom is -0.482 e. The summed E-state index contributed by atoms with van der Waals surface area (Å²) in [6.07, 6.45) is 4.57. The Morgan fingerprint density at radius 1 is 1.12 bits per heavy atom. The number of nitrogens with one attached hydrogen (secondary N) is 1. The van der Waals surface area contributed by atoms with Crippen LogP contribution in [0.5, 0.6) is 11.6 Å². The van der Waals surface area contributed by atoms with E-state index >= 15 is 0 Å². The van der Waals surface area contributed by atoms with Crippen molar-refractivity contribution in [2.24, 2.45) is 11.8 Å². The Balaban J connectivity index is 1.14. The normalized spacial score (nSPS) is 25.3. The van der Waals surface area contributed by atoms with Crippen LogP contribution in [0.2, 0.25) is 5.02 Å². The van der Waals surface area contributed by atoms with Gasteiger partial charge in [0, 0.05) is 49.3 Å². The highest BCUT2D eigenvalue weighted by Crippen LogP contribution is 2.40. The number of nitrogens with zero attached hydrogens (tertiary/aromatic N) is 6. The summed E-state index contributed by atoms with van der Waals surface area (Å²) in [7, 11) is 1.60. The van der Waals surface area contributed by atoms with Crippen molar-refractivity contribution in [1.82, 2.24) is 25.0 Å². The molecule has 3 aromatic rings. The molecule has 6 rings (SSSR count). The van der Waals surface area contributed by atoms with E-state index in [1.165, 1.54) is 12.1 Å². The molecule has 1 saturated heterocycles. The van der Waals surface area contributed by atoms with E-state index in [2.05, 4.69) is 25.5 Å². The average Bonchev–Trinajstić information content (AvgIpc) is 3.44. The van der Waals surface area contributed by atoms with E-state index in [4.69, 9.17) is 26.1 Å². The Kier molecular flexibility index (Phi) is 5.40. The van der Waals surface area contributed by atoms with Crippen LogP contribution >= 0.6 is 11.6 Å². The fraction of sp³-hybridized carbons (Fsp3) is 0.478. The van der Waals surface area contributed by atoms with E-state index in [0.29, 0.717) is 47.0 Å². The van der Waals surface area contributed by atoms with Gasteiger partial charge >= 0.3 is 0 Å². The summed E-state index contributed by atoms with van der Waals surface area (Å²) < 4.78 is 26.8. The van der Waals surface area contributed by atoms with Crippen LogP contribution in [0.25, 0.3) is 0 Å². The summed E-state index contributed by atoms with van der Waals surface area (Å²) in [6, 6.07) is 6.46. The molecule has 11 heteroatoms. The molecule has 4 heterocycles. The monoisotopic (exact) mass is 485 g/mol. The molecule has 0 amide bonds. The second kappa shape index (κ2) is 8.57. The number of benzene rings is 1. The molecule has 1 saturated carbocycles. The van der Waals surface area contributed by atoms with Crippen molar-refractivity contribution in [2.75, 3.05) is 30.4 Å². The number of hydrogen-bond donors (Lipinski definition) is 1. The first-order chi connectivity index (χ1) is 16.6. The van der Waals surface area contributed by atoms with Crippen LogP contribution in [-0.4, -0.2) is 51.2 Å². The van der Waals surface area contributed by atoms with Gasteiger partial charge in [-0.15, -0.1) is 10.2 Å². The third kappa shape index (κ3) is 4.00. The Hall–Kier alpha value is -3.14. The molecule has 9 nitrogen and oxygen atoms in total. The number of aromatic nitrogens is 5. The summed E-state index contributed by atoms with van der Waals surface area (Å²) in [6.45, 7) is 2.57. The number of halogens is 2. The van der Waals surface area contributed by atoms with Gasteiger partial charge in [-0.25, -0.2) is 9.07 Å². The molecule has 0 radical (unpaired) electrons. The van der Waals surface area contributed by atoms with Crippen LogP contribution < -0.4 is 19.7 Å². The van der Waals surface area contributed by atoms with E-state index in [1.54, 1.807) is 19.4 Å². The van der Waals surface area contributed by atoms with E-state index in [-0.39, 0.29) is 6.10 Å². The van der Waals surface area contributed by atoms with Gasteiger partial charge in [-0.1, -0.05) is 11.6 Å². The number of anilines is 2. The molecule has 2 aromatic heterocycles. The minimum absolute atomic E-state index is 0.284. The van der Waals surface area contributed by atoms with Gasteiger partial charge in [0.1, 0.15) is 11.6 Å². The summed E-state index contributed by atoms with van der Waals surface area (Å²) in [5.74, 6) is 2.85. The lowest BCUT2D eigenvalue weighted by molar-refractivity contribution is 0.202. The highest BCUT2D eigenvalue weighted by molar-refractivity contribution is 6.30. The number of fused-ring (bicyclic) bond motifs is 3. The van der Waals surface area contributed by atoms with Crippen LogP contribution in [0, 0.1) is 17.7 Å². The van der Waals surface area contributed by atoms with Crippen molar-refractivity contribution in [1.29, 1.82) is 0 Å². The lowest BCUT2D eigenvalue weighted by Gasteiger charge is -2.39.